The summed E-state index contributed by atoms with van der Waals surface area (Å²) < 4.78 is 41.4. The molecule has 0 radical (unpaired) electrons. The number of carbonyl (C=O) groups is 1. The third kappa shape index (κ3) is 3.62. The highest BCUT2D eigenvalue weighted by Crippen LogP contribution is 2.27. The minimum Gasteiger partial charge on any atom is -0.377 e. The fraction of sp³-hybridized carbons (Fsp3) is 0.400. The van der Waals surface area contributed by atoms with E-state index in [1.807, 2.05) is 0 Å². The summed E-state index contributed by atoms with van der Waals surface area (Å²) in [7, 11) is 1.34. The van der Waals surface area contributed by atoms with Gasteiger partial charge in [0.2, 0.25) is 0 Å². The minimum atomic E-state index is -4.49. The molecular formula is C10H10F3NO2. The molecule has 6 heteroatoms. The molecule has 0 saturated heterocycles. The van der Waals surface area contributed by atoms with Crippen molar-refractivity contribution in [3.05, 3.63) is 29.6 Å². The third-order valence-corrected chi connectivity index (χ3v) is 1.78. The maximum Gasteiger partial charge on any atom is 0.433 e. The summed E-state index contributed by atoms with van der Waals surface area (Å²) in [5.41, 5.74) is -0.896. The quantitative estimate of drug-likeness (QED) is 0.796. The highest BCUT2D eigenvalue weighted by atomic mass is 19.4. The van der Waals surface area contributed by atoms with Crippen LogP contribution < -0.4 is 0 Å². The number of halogens is 3. The van der Waals surface area contributed by atoms with E-state index in [4.69, 9.17) is 0 Å². The summed E-state index contributed by atoms with van der Waals surface area (Å²) in [4.78, 5) is 14.5. The molecule has 1 aromatic rings. The maximum absolute atomic E-state index is 12.3. The van der Waals surface area contributed by atoms with Crippen molar-refractivity contribution in [2.24, 2.45) is 0 Å². The normalized spacial score (nSPS) is 11.5. The standard InChI is InChI=1S/C10H10F3NO2/c1-16-6-8(15)5-7-3-2-4-9(14-7)10(11,12)13/h2-4H,5-6H2,1H3. The lowest BCUT2D eigenvalue weighted by molar-refractivity contribution is -0.141. The number of ketones is 1. The summed E-state index contributed by atoms with van der Waals surface area (Å²) in [6.45, 7) is -0.127. The summed E-state index contributed by atoms with van der Waals surface area (Å²) >= 11 is 0. The average Bonchev–Trinajstić information content (AvgIpc) is 2.17. The number of methoxy groups -OCH3 is 1. The zero-order valence-corrected chi connectivity index (χ0v) is 8.54. The number of Topliss-reactive ketones (excluding diaryl/α,β-unsaturated/α-hetero) is 1. The summed E-state index contributed by atoms with van der Waals surface area (Å²) in [5, 5.41) is 0. The van der Waals surface area contributed by atoms with Crippen molar-refractivity contribution in [3.63, 3.8) is 0 Å². The lowest BCUT2D eigenvalue weighted by atomic mass is 10.2. The van der Waals surface area contributed by atoms with Gasteiger partial charge in [0.05, 0.1) is 6.42 Å². The molecule has 0 atom stereocenters. The van der Waals surface area contributed by atoms with Crippen molar-refractivity contribution in [1.29, 1.82) is 0 Å². The smallest absolute Gasteiger partial charge is 0.377 e. The monoisotopic (exact) mass is 233 g/mol. The Kier molecular flexibility index (Phi) is 4.00. The topological polar surface area (TPSA) is 39.2 Å². The van der Waals surface area contributed by atoms with Gasteiger partial charge in [0, 0.05) is 12.8 Å². The van der Waals surface area contributed by atoms with Crippen molar-refractivity contribution >= 4 is 5.78 Å². The first kappa shape index (κ1) is 12.6. The molecule has 0 fully saturated rings. The van der Waals surface area contributed by atoms with Gasteiger partial charge in [0.1, 0.15) is 12.3 Å². The fourth-order valence-corrected chi connectivity index (χ4v) is 1.15. The maximum atomic E-state index is 12.3. The Morgan fingerprint density at radius 2 is 2.12 bits per heavy atom. The molecule has 88 valence electrons. The number of ether oxygens (including phenoxy) is 1. The second-order valence-corrected chi connectivity index (χ2v) is 3.16. The summed E-state index contributed by atoms with van der Waals surface area (Å²) in [6.07, 6.45) is -4.64. The Labute approximate surface area is 90.2 Å². The van der Waals surface area contributed by atoms with Crippen LogP contribution in [0.5, 0.6) is 0 Å². The molecule has 0 aliphatic carbocycles. The molecule has 0 aromatic carbocycles. The van der Waals surface area contributed by atoms with Gasteiger partial charge >= 0.3 is 6.18 Å². The molecule has 0 aliphatic heterocycles. The van der Waals surface area contributed by atoms with E-state index in [2.05, 4.69) is 9.72 Å². The number of rotatable bonds is 4. The molecule has 3 nitrogen and oxygen atoms in total. The number of hydrogen-bond acceptors (Lipinski definition) is 3. The van der Waals surface area contributed by atoms with E-state index < -0.39 is 11.9 Å². The van der Waals surface area contributed by atoms with Crippen molar-refractivity contribution in [2.75, 3.05) is 13.7 Å². The van der Waals surface area contributed by atoms with Gasteiger partial charge in [-0.2, -0.15) is 13.2 Å². The first-order valence-electron chi connectivity index (χ1n) is 4.47. The van der Waals surface area contributed by atoms with Crippen LogP contribution in [0, 0.1) is 0 Å². The molecule has 0 N–H and O–H groups in total. The molecule has 0 aliphatic rings. The Morgan fingerprint density at radius 1 is 1.44 bits per heavy atom. The van der Waals surface area contributed by atoms with Crippen LogP contribution in [0.4, 0.5) is 13.2 Å². The van der Waals surface area contributed by atoms with Gasteiger partial charge in [-0.3, -0.25) is 4.79 Å². The Balaban J connectivity index is 2.79. The number of alkyl halides is 3. The highest BCUT2D eigenvalue weighted by molar-refractivity contribution is 5.81. The third-order valence-electron chi connectivity index (χ3n) is 1.78. The van der Waals surface area contributed by atoms with Crippen molar-refractivity contribution < 1.29 is 22.7 Å². The number of pyridine rings is 1. The van der Waals surface area contributed by atoms with E-state index in [-0.39, 0.29) is 24.5 Å². The van der Waals surface area contributed by atoms with Gasteiger partial charge in [0.15, 0.2) is 5.78 Å². The molecule has 1 heterocycles. The van der Waals surface area contributed by atoms with Crippen LogP contribution in [0.15, 0.2) is 18.2 Å². The van der Waals surface area contributed by atoms with Gasteiger partial charge in [0.25, 0.3) is 0 Å². The molecule has 16 heavy (non-hydrogen) atoms. The largest absolute Gasteiger partial charge is 0.433 e. The Bertz CT molecular complexity index is 377. The van der Waals surface area contributed by atoms with Gasteiger partial charge in [-0.15, -0.1) is 0 Å². The van der Waals surface area contributed by atoms with Crippen LogP contribution in [-0.2, 0) is 22.1 Å². The molecule has 1 aromatic heterocycles. The number of aromatic nitrogens is 1. The predicted molar refractivity (Wildman–Crippen MR) is 49.8 cm³/mol. The van der Waals surface area contributed by atoms with Gasteiger partial charge < -0.3 is 4.74 Å². The lowest BCUT2D eigenvalue weighted by Gasteiger charge is -2.07. The molecule has 0 unspecified atom stereocenters. The predicted octanol–water partition coefficient (Wildman–Crippen LogP) is 1.86. The van der Waals surface area contributed by atoms with E-state index in [1.165, 1.54) is 19.2 Å². The summed E-state index contributed by atoms with van der Waals surface area (Å²) in [5.74, 6) is -0.311. The van der Waals surface area contributed by atoms with Crippen LogP contribution in [0.2, 0.25) is 0 Å². The Hall–Kier alpha value is -1.43. The van der Waals surface area contributed by atoms with E-state index in [0.29, 0.717) is 0 Å². The lowest BCUT2D eigenvalue weighted by Crippen LogP contribution is -2.13. The van der Waals surface area contributed by atoms with Crippen molar-refractivity contribution in [3.8, 4) is 0 Å². The average molecular weight is 233 g/mol. The minimum absolute atomic E-state index is 0.0943. The molecule has 0 saturated carbocycles. The van der Waals surface area contributed by atoms with Crippen LogP contribution in [-0.4, -0.2) is 24.5 Å². The molecule has 1 rings (SSSR count). The van der Waals surface area contributed by atoms with Crippen LogP contribution in [0.25, 0.3) is 0 Å². The molecule has 0 amide bonds. The van der Waals surface area contributed by atoms with Crippen LogP contribution in [0.1, 0.15) is 11.4 Å². The molecule has 0 bridgehead atoms. The van der Waals surface area contributed by atoms with Gasteiger partial charge in [-0.1, -0.05) is 6.07 Å². The number of nitrogens with zero attached hydrogens (tertiary/aromatic N) is 1. The molecular weight excluding hydrogens is 223 g/mol. The van der Waals surface area contributed by atoms with E-state index in [9.17, 15) is 18.0 Å². The second-order valence-electron chi connectivity index (χ2n) is 3.16. The van der Waals surface area contributed by atoms with Crippen molar-refractivity contribution in [1.82, 2.24) is 4.98 Å². The van der Waals surface area contributed by atoms with Gasteiger partial charge in [-0.25, -0.2) is 4.98 Å². The van der Waals surface area contributed by atoms with Crippen LogP contribution in [0.3, 0.4) is 0 Å². The van der Waals surface area contributed by atoms with Crippen molar-refractivity contribution in [2.45, 2.75) is 12.6 Å². The first-order valence-corrected chi connectivity index (χ1v) is 4.47. The molecule has 0 spiro atoms. The number of hydrogen-bond donors (Lipinski definition) is 0. The van der Waals surface area contributed by atoms with Crippen LogP contribution >= 0.6 is 0 Å². The summed E-state index contributed by atoms with van der Waals surface area (Å²) in [6, 6.07) is 3.47. The first-order chi connectivity index (χ1) is 7.43. The second kappa shape index (κ2) is 5.07. The van der Waals surface area contributed by atoms with E-state index in [1.54, 1.807) is 0 Å². The zero-order chi connectivity index (χ0) is 12.2. The SMILES string of the molecule is COCC(=O)Cc1cccc(C(F)(F)F)n1. The number of carbonyl (C=O) groups excluding carboxylic acids is 1. The van der Waals surface area contributed by atoms with E-state index >= 15 is 0 Å². The fourth-order valence-electron chi connectivity index (χ4n) is 1.15. The Morgan fingerprint density at radius 3 is 2.69 bits per heavy atom. The van der Waals surface area contributed by atoms with Gasteiger partial charge in [-0.05, 0) is 12.1 Å². The highest BCUT2D eigenvalue weighted by Gasteiger charge is 2.32. The zero-order valence-electron chi connectivity index (χ0n) is 8.54. The van der Waals surface area contributed by atoms with E-state index in [0.717, 1.165) is 6.07 Å².